The van der Waals surface area contributed by atoms with Crippen molar-refractivity contribution in [3.8, 4) is 5.75 Å². The van der Waals surface area contributed by atoms with Crippen LogP contribution < -0.4 is 4.74 Å². The van der Waals surface area contributed by atoms with Crippen molar-refractivity contribution in [1.29, 1.82) is 0 Å². The lowest BCUT2D eigenvalue weighted by Crippen LogP contribution is -2.09. The van der Waals surface area contributed by atoms with Gasteiger partial charge in [-0.3, -0.25) is 4.79 Å². The Morgan fingerprint density at radius 3 is 2.61 bits per heavy atom. The summed E-state index contributed by atoms with van der Waals surface area (Å²) in [5.74, 6) is 0.350. The second-order valence-corrected chi connectivity index (χ2v) is 6.55. The molecule has 0 atom stereocenters. The highest BCUT2D eigenvalue weighted by Gasteiger charge is 2.13. The zero-order valence-corrected chi connectivity index (χ0v) is 15.6. The van der Waals surface area contributed by atoms with Crippen LogP contribution in [0.15, 0.2) is 34.8 Å². The molecule has 0 radical (unpaired) electrons. The molecule has 0 N–H and O–H groups in total. The fourth-order valence-corrected chi connectivity index (χ4v) is 2.97. The highest BCUT2D eigenvalue weighted by molar-refractivity contribution is 9.10. The first-order chi connectivity index (χ1) is 10.9. The molecule has 0 amide bonds. The maximum atomic E-state index is 11.6. The largest absolute Gasteiger partial charge is 0.487 e. The minimum absolute atomic E-state index is 0.204. The smallest absolute Gasteiger partial charge is 0.309 e. The van der Waals surface area contributed by atoms with Crippen molar-refractivity contribution in [3.63, 3.8) is 0 Å². The Bertz CT molecular complexity index is 728. The van der Waals surface area contributed by atoms with Gasteiger partial charge in [0.25, 0.3) is 0 Å². The van der Waals surface area contributed by atoms with Crippen LogP contribution in [0.4, 0.5) is 0 Å². The molecule has 0 aliphatic heterocycles. The number of ether oxygens (including phenoxy) is 2. The van der Waals surface area contributed by atoms with Crippen molar-refractivity contribution in [2.24, 2.45) is 0 Å². The Kier molecular flexibility index (Phi) is 6.08. The van der Waals surface area contributed by atoms with Crippen molar-refractivity contribution in [2.75, 3.05) is 7.11 Å². The van der Waals surface area contributed by atoms with E-state index in [9.17, 15) is 4.79 Å². The van der Waals surface area contributed by atoms with E-state index < -0.39 is 0 Å². The van der Waals surface area contributed by atoms with Crippen LogP contribution in [0.3, 0.4) is 0 Å². The molecule has 0 bridgehead atoms. The van der Waals surface area contributed by atoms with Gasteiger partial charge in [0.2, 0.25) is 0 Å². The van der Waals surface area contributed by atoms with E-state index in [0.29, 0.717) is 17.4 Å². The Balaban J connectivity index is 2.23. The molecular weight excluding hydrogens is 380 g/mol. The minimum atomic E-state index is -0.284. The second-order valence-electron chi connectivity index (χ2n) is 5.29. The zero-order valence-electron chi connectivity index (χ0n) is 13.3. The van der Waals surface area contributed by atoms with Crippen molar-refractivity contribution in [1.82, 2.24) is 0 Å². The van der Waals surface area contributed by atoms with E-state index in [-0.39, 0.29) is 12.4 Å². The number of carbonyl (C=O) groups is 1. The van der Waals surface area contributed by atoms with E-state index >= 15 is 0 Å². The number of aryl methyl sites for hydroxylation is 2. The number of hydrogen-bond acceptors (Lipinski definition) is 3. The molecule has 0 fully saturated rings. The van der Waals surface area contributed by atoms with Gasteiger partial charge in [0.1, 0.15) is 12.4 Å². The van der Waals surface area contributed by atoms with Crippen LogP contribution in [0.5, 0.6) is 5.75 Å². The topological polar surface area (TPSA) is 35.5 Å². The second kappa shape index (κ2) is 7.84. The molecule has 3 nitrogen and oxygen atoms in total. The number of hydrogen-bond donors (Lipinski definition) is 0. The van der Waals surface area contributed by atoms with Crippen molar-refractivity contribution >= 4 is 33.5 Å². The van der Waals surface area contributed by atoms with E-state index in [1.54, 1.807) is 0 Å². The average molecular weight is 398 g/mol. The van der Waals surface area contributed by atoms with Crippen LogP contribution in [-0.2, 0) is 22.6 Å². The lowest BCUT2D eigenvalue weighted by atomic mass is 10.1. The molecular formula is C18H18BrClO3. The van der Waals surface area contributed by atoms with Gasteiger partial charge in [0, 0.05) is 10.0 Å². The molecule has 122 valence electrons. The summed E-state index contributed by atoms with van der Waals surface area (Å²) >= 11 is 9.76. The quantitative estimate of drug-likeness (QED) is 0.665. The summed E-state index contributed by atoms with van der Waals surface area (Å²) < 4.78 is 11.5. The molecule has 2 aromatic carbocycles. The number of benzene rings is 2. The van der Waals surface area contributed by atoms with E-state index in [1.165, 1.54) is 7.11 Å². The third kappa shape index (κ3) is 4.49. The number of halogens is 2. The summed E-state index contributed by atoms with van der Waals surface area (Å²) in [5, 5.41) is 0.578. The first-order valence-corrected chi connectivity index (χ1v) is 8.32. The van der Waals surface area contributed by atoms with Crippen LogP contribution in [-0.4, -0.2) is 13.1 Å². The summed E-state index contributed by atoms with van der Waals surface area (Å²) in [7, 11) is 1.38. The van der Waals surface area contributed by atoms with Gasteiger partial charge >= 0.3 is 5.97 Å². The Hall–Kier alpha value is -1.52. The van der Waals surface area contributed by atoms with Crippen molar-refractivity contribution < 1.29 is 14.3 Å². The van der Waals surface area contributed by atoms with Gasteiger partial charge in [-0.25, -0.2) is 0 Å². The molecule has 0 aromatic heterocycles. The molecule has 0 spiro atoms. The third-order valence-corrected chi connectivity index (χ3v) is 4.74. The van der Waals surface area contributed by atoms with E-state index in [0.717, 1.165) is 26.7 Å². The fourth-order valence-electron chi connectivity index (χ4n) is 2.17. The first kappa shape index (κ1) is 17.8. The van der Waals surface area contributed by atoms with E-state index in [1.807, 2.05) is 44.2 Å². The first-order valence-electron chi connectivity index (χ1n) is 7.15. The van der Waals surface area contributed by atoms with Gasteiger partial charge in [-0.05, 0) is 48.7 Å². The Morgan fingerprint density at radius 1 is 1.22 bits per heavy atom. The van der Waals surface area contributed by atoms with Crippen molar-refractivity contribution in [2.45, 2.75) is 26.9 Å². The Morgan fingerprint density at radius 2 is 1.91 bits per heavy atom. The average Bonchev–Trinajstić information content (AvgIpc) is 2.51. The minimum Gasteiger partial charge on any atom is -0.487 e. The molecule has 0 heterocycles. The molecule has 0 unspecified atom stereocenters. The lowest BCUT2D eigenvalue weighted by molar-refractivity contribution is -0.139. The van der Waals surface area contributed by atoms with Crippen molar-refractivity contribution in [3.05, 3.63) is 62.1 Å². The van der Waals surface area contributed by atoms with E-state index in [2.05, 4.69) is 15.9 Å². The number of methoxy groups -OCH3 is 1. The standard InChI is InChI=1S/C18H18BrClO3/c1-11-7-16(20)17(8-12(11)2)23-10-14-13(9-18(21)22-3)5-4-6-15(14)19/h4-8H,9-10H2,1-3H3. The SMILES string of the molecule is COC(=O)Cc1cccc(Br)c1COc1cc(C)c(C)cc1Cl. The zero-order chi connectivity index (χ0) is 17.0. The van der Waals surface area contributed by atoms with Gasteiger partial charge in [0.15, 0.2) is 0 Å². The number of esters is 1. The number of rotatable bonds is 5. The Labute approximate surface area is 149 Å². The van der Waals surface area contributed by atoms with Gasteiger partial charge in [-0.1, -0.05) is 39.7 Å². The molecule has 2 rings (SSSR count). The maximum Gasteiger partial charge on any atom is 0.309 e. The molecule has 0 saturated carbocycles. The highest BCUT2D eigenvalue weighted by atomic mass is 79.9. The molecule has 5 heteroatoms. The molecule has 0 aliphatic carbocycles. The summed E-state index contributed by atoms with van der Waals surface area (Å²) in [6.07, 6.45) is 0.204. The van der Waals surface area contributed by atoms with Crippen LogP contribution in [0.1, 0.15) is 22.3 Å². The monoisotopic (exact) mass is 396 g/mol. The van der Waals surface area contributed by atoms with Crippen LogP contribution >= 0.6 is 27.5 Å². The van der Waals surface area contributed by atoms with E-state index in [4.69, 9.17) is 21.1 Å². The summed E-state index contributed by atoms with van der Waals surface area (Å²) in [6, 6.07) is 9.51. The molecule has 0 aliphatic rings. The fraction of sp³-hybridized carbons (Fsp3) is 0.278. The number of carbonyl (C=O) groups excluding carboxylic acids is 1. The predicted octanol–water partition coefficient (Wildman–Crippen LogP) is 5.01. The maximum absolute atomic E-state index is 11.6. The van der Waals surface area contributed by atoms with Gasteiger partial charge < -0.3 is 9.47 Å². The third-order valence-electron chi connectivity index (χ3n) is 3.70. The van der Waals surface area contributed by atoms with Gasteiger partial charge in [-0.2, -0.15) is 0 Å². The summed E-state index contributed by atoms with van der Waals surface area (Å²) in [6.45, 7) is 4.34. The normalized spacial score (nSPS) is 10.5. The van der Waals surface area contributed by atoms with Gasteiger partial charge in [0.05, 0.1) is 18.6 Å². The lowest BCUT2D eigenvalue weighted by Gasteiger charge is -2.14. The van der Waals surface area contributed by atoms with Crippen LogP contribution in [0, 0.1) is 13.8 Å². The molecule has 2 aromatic rings. The van der Waals surface area contributed by atoms with Crippen LogP contribution in [0.25, 0.3) is 0 Å². The highest BCUT2D eigenvalue weighted by Crippen LogP contribution is 2.30. The molecule has 23 heavy (non-hydrogen) atoms. The summed E-state index contributed by atoms with van der Waals surface area (Å²) in [5.41, 5.74) is 4.01. The summed E-state index contributed by atoms with van der Waals surface area (Å²) in [4.78, 5) is 11.6. The predicted molar refractivity (Wildman–Crippen MR) is 95.1 cm³/mol. The molecule has 0 saturated heterocycles. The van der Waals surface area contributed by atoms with Gasteiger partial charge in [-0.15, -0.1) is 0 Å². The van der Waals surface area contributed by atoms with Crippen LogP contribution in [0.2, 0.25) is 5.02 Å².